The van der Waals surface area contributed by atoms with Crippen LogP contribution >= 0.6 is 12.4 Å². The van der Waals surface area contributed by atoms with Gasteiger partial charge in [0.1, 0.15) is 12.7 Å². The Morgan fingerprint density at radius 1 is 1.24 bits per heavy atom. The topological polar surface area (TPSA) is 30.7 Å². The monoisotopic (exact) mass is 303 g/mol. The van der Waals surface area contributed by atoms with Gasteiger partial charge < -0.3 is 0 Å². The first-order chi connectivity index (χ1) is 9.90. The van der Waals surface area contributed by atoms with Gasteiger partial charge in [0.25, 0.3) is 0 Å². The van der Waals surface area contributed by atoms with Crippen LogP contribution in [0.15, 0.2) is 30.9 Å². The maximum Gasteiger partial charge on any atom is 0.137 e. The highest BCUT2D eigenvalue weighted by Gasteiger charge is 2.30. The molecule has 1 heterocycles. The molecular weight excluding hydrogens is 282 g/mol. The van der Waals surface area contributed by atoms with E-state index in [9.17, 15) is 0 Å². The van der Waals surface area contributed by atoms with Gasteiger partial charge in [-0.05, 0) is 67.1 Å². The summed E-state index contributed by atoms with van der Waals surface area (Å²) in [6.07, 6.45) is 11.4. The van der Waals surface area contributed by atoms with Crippen LogP contribution in [-0.4, -0.2) is 14.8 Å². The second kappa shape index (κ2) is 6.18. The predicted octanol–water partition coefficient (Wildman–Crippen LogP) is 3.77. The molecule has 4 heteroatoms. The molecule has 21 heavy (non-hydrogen) atoms. The van der Waals surface area contributed by atoms with Crippen molar-refractivity contribution in [3.05, 3.63) is 47.5 Å². The fraction of sp³-hybridized carbons (Fsp3) is 0.529. The molecule has 112 valence electrons. The Bertz CT molecular complexity index is 594. The van der Waals surface area contributed by atoms with Gasteiger partial charge >= 0.3 is 0 Å². The average molecular weight is 304 g/mol. The molecule has 2 atom stereocenters. The van der Waals surface area contributed by atoms with E-state index in [-0.39, 0.29) is 12.4 Å². The van der Waals surface area contributed by atoms with Crippen molar-refractivity contribution >= 4 is 12.4 Å². The SMILES string of the molecule is Cl.c1cc2c3c(c1)C[C@H](CCn1cncn1)C[C@H]3CCC2. The zero-order chi connectivity index (χ0) is 13.4. The predicted molar refractivity (Wildman–Crippen MR) is 85.8 cm³/mol. The van der Waals surface area contributed by atoms with E-state index in [1.807, 2.05) is 11.0 Å². The minimum absolute atomic E-state index is 0. The number of halogens is 1. The summed E-state index contributed by atoms with van der Waals surface area (Å²) in [5.74, 6) is 1.63. The molecule has 0 radical (unpaired) electrons. The summed E-state index contributed by atoms with van der Waals surface area (Å²) in [4.78, 5) is 4.03. The van der Waals surface area contributed by atoms with Crippen LogP contribution in [0.3, 0.4) is 0 Å². The van der Waals surface area contributed by atoms with Crippen LogP contribution in [-0.2, 0) is 19.4 Å². The summed E-state index contributed by atoms with van der Waals surface area (Å²) >= 11 is 0. The fourth-order valence-electron chi connectivity index (χ4n) is 4.19. The van der Waals surface area contributed by atoms with Crippen molar-refractivity contribution in [1.29, 1.82) is 0 Å². The van der Waals surface area contributed by atoms with Crippen molar-refractivity contribution in [2.75, 3.05) is 0 Å². The van der Waals surface area contributed by atoms with Crippen molar-refractivity contribution in [2.45, 2.75) is 51.0 Å². The Hall–Kier alpha value is -1.35. The largest absolute Gasteiger partial charge is 0.253 e. The fourth-order valence-corrected chi connectivity index (χ4v) is 4.19. The maximum absolute atomic E-state index is 4.21. The molecule has 3 nitrogen and oxygen atoms in total. The molecule has 2 aromatic rings. The van der Waals surface area contributed by atoms with E-state index in [0.29, 0.717) is 0 Å². The summed E-state index contributed by atoms with van der Waals surface area (Å²) in [5, 5.41) is 4.21. The highest BCUT2D eigenvalue weighted by atomic mass is 35.5. The standard InChI is InChI=1S/C17H21N3.ClH/c1-3-14-4-2-6-16-10-13(9-15(5-1)17(14)16)7-8-20-12-18-11-19-20;/h1,3,5,11-13,16H,2,4,6-10H2;1H/t13-,16+;/m0./s1. The Labute approximate surface area is 132 Å². The molecule has 0 aliphatic heterocycles. The summed E-state index contributed by atoms with van der Waals surface area (Å²) in [7, 11) is 0. The number of rotatable bonds is 3. The molecule has 0 saturated carbocycles. The molecule has 0 unspecified atom stereocenters. The Kier molecular flexibility index (Phi) is 4.29. The van der Waals surface area contributed by atoms with Gasteiger partial charge in [-0.1, -0.05) is 18.2 Å². The minimum Gasteiger partial charge on any atom is -0.253 e. The van der Waals surface area contributed by atoms with Crippen molar-refractivity contribution < 1.29 is 0 Å². The van der Waals surface area contributed by atoms with Crippen LogP contribution in [0.2, 0.25) is 0 Å². The maximum atomic E-state index is 4.21. The van der Waals surface area contributed by atoms with E-state index in [1.54, 1.807) is 23.0 Å². The van der Waals surface area contributed by atoms with Gasteiger partial charge in [0, 0.05) is 6.54 Å². The summed E-state index contributed by atoms with van der Waals surface area (Å²) < 4.78 is 1.97. The van der Waals surface area contributed by atoms with Crippen molar-refractivity contribution in [1.82, 2.24) is 14.8 Å². The highest BCUT2D eigenvalue weighted by molar-refractivity contribution is 5.85. The summed E-state index contributed by atoms with van der Waals surface area (Å²) in [6, 6.07) is 6.97. The molecule has 0 amide bonds. The third-order valence-electron chi connectivity index (χ3n) is 5.05. The van der Waals surface area contributed by atoms with Crippen LogP contribution in [0.5, 0.6) is 0 Å². The van der Waals surface area contributed by atoms with Gasteiger partial charge in [0.15, 0.2) is 0 Å². The van der Waals surface area contributed by atoms with Gasteiger partial charge in [-0.2, -0.15) is 5.10 Å². The van der Waals surface area contributed by atoms with Crippen LogP contribution in [0, 0.1) is 5.92 Å². The first-order valence-corrected chi connectivity index (χ1v) is 7.83. The van der Waals surface area contributed by atoms with Crippen LogP contribution < -0.4 is 0 Å². The first kappa shape index (κ1) is 14.6. The molecule has 0 fully saturated rings. The van der Waals surface area contributed by atoms with Crippen molar-refractivity contribution in [3.8, 4) is 0 Å². The van der Waals surface area contributed by atoms with E-state index in [1.165, 1.54) is 38.5 Å². The van der Waals surface area contributed by atoms with Gasteiger partial charge in [0.2, 0.25) is 0 Å². The summed E-state index contributed by atoms with van der Waals surface area (Å²) in [6.45, 7) is 1.01. The third-order valence-corrected chi connectivity index (χ3v) is 5.05. The second-order valence-electron chi connectivity index (χ2n) is 6.33. The lowest BCUT2D eigenvalue weighted by Crippen LogP contribution is -2.24. The van der Waals surface area contributed by atoms with Crippen LogP contribution in [0.25, 0.3) is 0 Å². The van der Waals surface area contributed by atoms with E-state index in [0.717, 1.165) is 18.4 Å². The van der Waals surface area contributed by atoms with Crippen LogP contribution in [0.1, 0.15) is 48.3 Å². The number of aromatic nitrogens is 3. The lowest BCUT2D eigenvalue weighted by molar-refractivity contribution is 0.333. The molecule has 2 aliphatic rings. The van der Waals surface area contributed by atoms with E-state index >= 15 is 0 Å². The van der Waals surface area contributed by atoms with E-state index in [4.69, 9.17) is 0 Å². The number of hydrogen-bond acceptors (Lipinski definition) is 2. The zero-order valence-corrected chi connectivity index (χ0v) is 13.1. The van der Waals surface area contributed by atoms with Gasteiger partial charge in [-0.3, -0.25) is 4.68 Å². The molecule has 0 saturated heterocycles. The van der Waals surface area contributed by atoms with Crippen molar-refractivity contribution in [2.24, 2.45) is 5.92 Å². The number of hydrogen-bond donors (Lipinski definition) is 0. The molecule has 1 aromatic carbocycles. The number of benzene rings is 1. The van der Waals surface area contributed by atoms with Crippen LogP contribution in [0.4, 0.5) is 0 Å². The molecule has 0 bridgehead atoms. The smallest absolute Gasteiger partial charge is 0.137 e. The number of nitrogens with zero attached hydrogens (tertiary/aromatic N) is 3. The Morgan fingerprint density at radius 2 is 2.14 bits per heavy atom. The molecule has 1 aromatic heterocycles. The first-order valence-electron chi connectivity index (χ1n) is 7.83. The summed E-state index contributed by atoms with van der Waals surface area (Å²) in [5.41, 5.74) is 4.98. The van der Waals surface area contributed by atoms with Gasteiger partial charge in [-0.15, -0.1) is 12.4 Å². The normalized spacial score (nSPS) is 23.2. The van der Waals surface area contributed by atoms with E-state index < -0.39 is 0 Å². The lowest BCUT2D eigenvalue weighted by atomic mass is 9.69. The molecule has 0 N–H and O–H groups in total. The molecule has 0 spiro atoms. The quantitative estimate of drug-likeness (QED) is 0.864. The Balaban J connectivity index is 0.00000132. The molecular formula is C17H22ClN3. The van der Waals surface area contributed by atoms with Gasteiger partial charge in [-0.25, -0.2) is 4.98 Å². The molecule has 2 aliphatic carbocycles. The third kappa shape index (κ3) is 2.84. The zero-order valence-electron chi connectivity index (χ0n) is 12.2. The highest BCUT2D eigenvalue weighted by Crippen LogP contribution is 2.43. The van der Waals surface area contributed by atoms with Gasteiger partial charge in [0.05, 0.1) is 0 Å². The lowest BCUT2D eigenvalue weighted by Gasteiger charge is -2.36. The number of aryl methyl sites for hydroxylation is 2. The van der Waals surface area contributed by atoms with Crippen molar-refractivity contribution in [3.63, 3.8) is 0 Å². The minimum atomic E-state index is 0. The Morgan fingerprint density at radius 3 is 3.00 bits per heavy atom. The second-order valence-corrected chi connectivity index (χ2v) is 6.33. The molecule has 4 rings (SSSR count). The van der Waals surface area contributed by atoms with E-state index in [2.05, 4.69) is 28.3 Å². The average Bonchev–Trinajstić information content (AvgIpc) is 2.99.